The highest BCUT2D eigenvalue weighted by molar-refractivity contribution is 5.36. The molecule has 0 spiro atoms. The maximum Gasteiger partial charge on any atom is 0.143 e. The van der Waals surface area contributed by atoms with Gasteiger partial charge in [0.15, 0.2) is 0 Å². The van der Waals surface area contributed by atoms with E-state index in [9.17, 15) is 0 Å². The summed E-state index contributed by atoms with van der Waals surface area (Å²) < 4.78 is 0. The minimum atomic E-state index is 0.353. The Hall–Kier alpha value is -1.94. The molecule has 2 rings (SSSR count). The van der Waals surface area contributed by atoms with Gasteiger partial charge in [-0.3, -0.25) is 0 Å². The van der Waals surface area contributed by atoms with Gasteiger partial charge in [-0.25, -0.2) is 15.8 Å². The number of rotatable bonds is 4. The quantitative estimate of drug-likeness (QED) is 0.652. The number of nitrogens with two attached hydrogens (primary N) is 1. The number of benzene rings is 1. The first-order valence-corrected chi connectivity index (χ1v) is 6.48. The lowest BCUT2D eigenvalue weighted by molar-refractivity contribution is 0.792. The maximum atomic E-state index is 5.46. The molecular weight excluding hydrogens is 236 g/mol. The highest BCUT2D eigenvalue weighted by atomic mass is 15.3. The van der Waals surface area contributed by atoms with Crippen molar-refractivity contribution in [1.82, 2.24) is 9.97 Å². The van der Waals surface area contributed by atoms with Crippen LogP contribution in [0.25, 0.3) is 0 Å². The van der Waals surface area contributed by atoms with Crippen LogP contribution in [0.5, 0.6) is 0 Å². The van der Waals surface area contributed by atoms with Gasteiger partial charge in [0.05, 0.1) is 0 Å². The summed E-state index contributed by atoms with van der Waals surface area (Å²) in [5, 5.41) is 0. The molecule has 0 aliphatic carbocycles. The Bertz CT molecular complexity index is 564. The Balaban J connectivity index is 2.31. The summed E-state index contributed by atoms with van der Waals surface area (Å²) >= 11 is 0. The minimum absolute atomic E-state index is 0.353. The summed E-state index contributed by atoms with van der Waals surface area (Å²) in [5.74, 6) is 7.28. The van der Waals surface area contributed by atoms with Gasteiger partial charge < -0.3 is 5.43 Å². The Labute approximate surface area is 114 Å². The van der Waals surface area contributed by atoms with E-state index in [2.05, 4.69) is 60.4 Å². The van der Waals surface area contributed by atoms with Crippen LogP contribution in [-0.2, 0) is 6.42 Å². The molecule has 0 amide bonds. The summed E-state index contributed by atoms with van der Waals surface area (Å²) in [5.41, 5.74) is 6.07. The van der Waals surface area contributed by atoms with E-state index < -0.39 is 0 Å². The molecule has 1 heterocycles. The van der Waals surface area contributed by atoms with Crippen LogP contribution in [0.2, 0.25) is 0 Å². The van der Waals surface area contributed by atoms with E-state index in [-0.39, 0.29) is 0 Å². The molecule has 4 heteroatoms. The number of nitrogens with one attached hydrogen (secondary N) is 1. The molecule has 0 fully saturated rings. The smallest absolute Gasteiger partial charge is 0.143 e. The first-order chi connectivity index (χ1) is 9.08. The van der Waals surface area contributed by atoms with Gasteiger partial charge in [0.1, 0.15) is 11.6 Å². The molecule has 0 saturated carbocycles. The summed E-state index contributed by atoms with van der Waals surface area (Å²) in [6.07, 6.45) is 0.719. The van der Waals surface area contributed by atoms with Crippen LogP contribution in [0.4, 0.5) is 5.82 Å². The first kappa shape index (κ1) is 13.5. The van der Waals surface area contributed by atoms with E-state index in [1.54, 1.807) is 0 Å². The third-order valence-electron chi connectivity index (χ3n) is 2.98. The van der Waals surface area contributed by atoms with Gasteiger partial charge >= 0.3 is 0 Å². The second-order valence-corrected chi connectivity index (χ2v) is 5.06. The van der Waals surface area contributed by atoms with E-state index >= 15 is 0 Å². The molecule has 2 aromatic rings. The predicted octanol–water partition coefficient (Wildman–Crippen LogP) is 2.78. The second kappa shape index (κ2) is 5.80. The van der Waals surface area contributed by atoms with Crippen molar-refractivity contribution in [3.63, 3.8) is 0 Å². The number of nitrogens with zero attached hydrogens (tertiary/aromatic N) is 2. The first-order valence-electron chi connectivity index (χ1n) is 6.48. The highest BCUT2D eigenvalue weighted by Gasteiger charge is 2.08. The van der Waals surface area contributed by atoms with Crippen LogP contribution < -0.4 is 11.3 Å². The number of hydrogen-bond donors (Lipinski definition) is 2. The molecule has 19 heavy (non-hydrogen) atoms. The normalized spacial score (nSPS) is 10.8. The Morgan fingerprint density at radius 1 is 1.21 bits per heavy atom. The zero-order valence-corrected chi connectivity index (χ0v) is 11.6. The Morgan fingerprint density at radius 2 is 2.00 bits per heavy atom. The van der Waals surface area contributed by atoms with Gasteiger partial charge in [0, 0.05) is 18.2 Å². The molecule has 0 saturated heterocycles. The Kier molecular flexibility index (Phi) is 4.12. The van der Waals surface area contributed by atoms with Crippen molar-refractivity contribution in [3.8, 4) is 0 Å². The average molecular weight is 256 g/mol. The van der Waals surface area contributed by atoms with Crippen molar-refractivity contribution in [1.29, 1.82) is 0 Å². The fourth-order valence-corrected chi connectivity index (χ4v) is 1.97. The molecule has 0 aliphatic heterocycles. The summed E-state index contributed by atoms with van der Waals surface area (Å²) in [6.45, 7) is 6.31. The molecule has 3 N–H and O–H groups in total. The van der Waals surface area contributed by atoms with Gasteiger partial charge in [-0.05, 0) is 18.4 Å². The van der Waals surface area contributed by atoms with Gasteiger partial charge in [0.2, 0.25) is 0 Å². The zero-order chi connectivity index (χ0) is 13.8. The van der Waals surface area contributed by atoms with Crippen molar-refractivity contribution in [2.75, 3.05) is 5.43 Å². The van der Waals surface area contributed by atoms with Gasteiger partial charge in [-0.1, -0.05) is 43.7 Å². The molecule has 100 valence electrons. The van der Waals surface area contributed by atoms with Crippen LogP contribution in [0.1, 0.15) is 42.4 Å². The summed E-state index contributed by atoms with van der Waals surface area (Å²) in [6, 6.07) is 10.3. The predicted molar refractivity (Wildman–Crippen MR) is 77.9 cm³/mol. The standard InChI is InChI=1S/C15H20N4/c1-10(2)13-9-15(19-16)18-14(17-13)8-12-6-4-5-11(3)7-12/h4-7,9-10H,8,16H2,1-3H3,(H,17,18,19). The van der Waals surface area contributed by atoms with Crippen LogP contribution >= 0.6 is 0 Å². The van der Waals surface area contributed by atoms with Gasteiger partial charge in [-0.2, -0.15) is 0 Å². The van der Waals surface area contributed by atoms with E-state index in [4.69, 9.17) is 5.84 Å². The number of hydrazine groups is 1. The Morgan fingerprint density at radius 3 is 2.63 bits per heavy atom. The fourth-order valence-electron chi connectivity index (χ4n) is 1.97. The van der Waals surface area contributed by atoms with Crippen molar-refractivity contribution in [3.05, 3.63) is 53.0 Å². The number of aromatic nitrogens is 2. The lowest BCUT2D eigenvalue weighted by Crippen LogP contribution is -2.12. The molecule has 0 atom stereocenters. The molecule has 0 unspecified atom stereocenters. The second-order valence-electron chi connectivity index (χ2n) is 5.06. The molecular formula is C15H20N4. The monoisotopic (exact) mass is 256 g/mol. The SMILES string of the molecule is Cc1cccc(Cc2nc(NN)cc(C(C)C)n2)c1. The zero-order valence-electron chi connectivity index (χ0n) is 11.6. The van der Waals surface area contributed by atoms with Crippen molar-refractivity contribution in [2.24, 2.45) is 5.84 Å². The lowest BCUT2D eigenvalue weighted by Gasteiger charge is -2.10. The minimum Gasteiger partial charge on any atom is -0.308 e. The average Bonchev–Trinajstić information content (AvgIpc) is 2.38. The van der Waals surface area contributed by atoms with Crippen LogP contribution in [-0.4, -0.2) is 9.97 Å². The fraction of sp³-hybridized carbons (Fsp3) is 0.333. The summed E-state index contributed by atoms with van der Waals surface area (Å²) in [4.78, 5) is 9.01. The maximum absolute atomic E-state index is 5.46. The van der Waals surface area contributed by atoms with E-state index in [1.165, 1.54) is 11.1 Å². The van der Waals surface area contributed by atoms with Crippen LogP contribution in [0, 0.1) is 6.92 Å². The third kappa shape index (κ3) is 3.51. The van der Waals surface area contributed by atoms with Crippen LogP contribution in [0.3, 0.4) is 0 Å². The third-order valence-corrected chi connectivity index (χ3v) is 2.98. The summed E-state index contributed by atoms with van der Waals surface area (Å²) in [7, 11) is 0. The van der Waals surface area contributed by atoms with Crippen molar-refractivity contribution in [2.45, 2.75) is 33.1 Å². The topological polar surface area (TPSA) is 63.8 Å². The van der Waals surface area contributed by atoms with Gasteiger partial charge in [-0.15, -0.1) is 0 Å². The lowest BCUT2D eigenvalue weighted by atomic mass is 10.1. The van der Waals surface area contributed by atoms with Crippen molar-refractivity contribution >= 4 is 5.82 Å². The van der Waals surface area contributed by atoms with E-state index in [0.29, 0.717) is 11.7 Å². The number of hydrogen-bond acceptors (Lipinski definition) is 4. The number of nitrogen functional groups attached to an aromatic ring is 1. The van der Waals surface area contributed by atoms with Gasteiger partial charge in [0.25, 0.3) is 0 Å². The highest BCUT2D eigenvalue weighted by Crippen LogP contribution is 2.17. The molecule has 1 aromatic carbocycles. The van der Waals surface area contributed by atoms with Crippen molar-refractivity contribution < 1.29 is 0 Å². The molecule has 1 aromatic heterocycles. The van der Waals surface area contributed by atoms with Crippen LogP contribution in [0.15, 0.2) is 30.3 Å². The molecule has 0 aliphatic rings. The molecule has 0 bridgehead atoms. The molecule has 0 radical (unpaired) electrons. The number of anilines is 1. The van der Waals surface area contributed by atoms with E-state index in [1.807, 2.05) is 6.07 Å². The largest absolute Gasteiger partial charge is 0.308 e. The number of aryl methyl sites for hydroxylation is 1. The van der Waals surface area contributed by atoms with E-state index in [0.717, 1.165) is 17.9 Å². The molecule has 4 nitrogen and oxygen atoms in total.